The van der Waals surface area contributed by atoms with E-state index >= 15 is 0 Å². The lowest BCUT2D eigenvalue weighted by molar-refractivity contribution is -0.111. The van der Waals surface area contributed by atoms with Crippen molar-refractivity contribution in [1.82, 2.24) is 9.21 Å². The lowest BCUT2D eigenvalue weighted by atomic mass is 10.1. The maximum atomic E-state index is 13.9. The zero-order valence-corrected chi connectivity index (χ0v) is 18.4. The fourth-order valence-corrected chi connectivity index (χ4v) is 4.66. The van der Waals surface area contributed by atoms with Crippen LogP contribution in [-0.2, 0) is 26.2 Å². The molecule has 0 unspecified atom stereocenters. The molecule has 2 amide bonds. The number of hydrogen-bond donors (Lipinski definition) is 1. The molecule has 0 radical (unpaired) electrons. The number of nitrogens with one attached hydrogen (secondary N) is 1. The van der Waals surface area contributed by atoms with E-state index in [2.05, 4.69) is 11.9 Å². The van der Waals surface area contributed by atoms with Crippen LogP contribution >= 0.6 is 0 Å². The van der Waals surface area contributed by atoms with E-state index in [1.54, 1.807) is 19.1 Å². The number of piperazine rings is 1. The summed E-state index contributed by atoms with van der Waals surface area (Å²) in [5, 5.41) is 2.55. The van der Waals surface area contributed by atoms with E-state index in [0.29, 0.717) is 16.8 Å². The topological polar surface area (TPSA) is 96.0 Å². The van der Waals surface area contributed by atoms with Gasteiger partial charge in [0.1, 0.15) is 12.4 Å². The summed E-state index contributed by atoms with van der Waals surface area (Å²) in [6.07, 6.45) is 0.499. The van der Waals surface area contributed by atoms with Gasteiger partial charge >= 0.3 is 6.09 Å². The summed E-state index contributed by atoms with van der Waals surface area (Å²) in [4.78, 5) is 25.2. The number of carbonyl (C=O) groups is 2. The fourth-order valence-electron chi connectivity index (χ4n) is 3.24. The van der Waals surface area contributed by atoms with E-state index in [1.807, 2.05) is 0 Å². The Morgan fingerprint density at radius 1 is 1.12 bits per heavy atom. The molecule has 10 heteroatoms. The van der Waals surface area contributed by atoms with Gasteiger partial charge in [0.2, 0.25) is 15.9 Å². The summed E-state index contributed by atoms with van der Waals surface area (Å²) in [5.41, 5.74) is 1.45. The van der Waals surface area contributed by atoms with Crippen molar-refractivity contribution in [3.05, 3.63) is 72.1 Å². The van der Waals surface area contributed by atoms with Crippen molar-refractivity contribution in [3.8, 4) is 0 Å². The second-order valence-electron chi connectivity index (χ2n) is 7.20. The van der Waals surface area contributed by atoms with E-state index < -0.39 is 27.8 Å². The Labute approximate surface area is 186 Å². The SMILES string of the molecule is C=CC(=O)Nc1ccc(S(=O)(=O)N2CCN(C(=O)OCc3c(C)cccc3F)CC2)cc1. The summed E-state index contributed by atoms with van der Waals surface area (Å²) >= 11 is 0. The first kappa shape index (κ1) is 23.4. The molecule has 32 heavy (non-hydrogen) atoms. The number of sulfonamides is 1. The number of carbonyl (C=O) groups excluding carboxylic acids is 2. The van der Waals surface area contributed by atoms with Crippen molar-refractivity contribution in [3.63, 3.8) is 0 Å². The highest BCUT2D eigenvalue weighted by atomic mass is 32.2. The molecule has 0 spiro atoms. The average Bonchev–Trinajstić information content (AvgIpc) is 2.79. The third-order valence-electron chi connectivity index (χ3n) is 5.13. The maximum Gasteiger partial charge on any atom is 0.410 e. The zero-order valence-electron chi connectivity index (χ0n) is 17.6. The van der Waals surface area contributed by atoms with Crippen molar-refractivity contribution in [2.75, 3.05) is 31.5 Å². The monoisotopic (exact) mass is 461 g/mol. The number of benzene rings is 2. The standard InChI is InChI=1S/C22H24FN3O5S/c1-3-21(27)24-17-7-9-18(10-8-17)32(29,30)26-13-11-25(12-14-26)22(28)31-15-19-16(2)5-4-6-20(19)23/h3-10H,1,11-15H2,2H3,(H,24,27). The Bertz CT molecular complexity index is 1090. The van der Waals surface area contributed by atoms with E-state index in [4.69, 9.17) is 4.74 Å². The maximum absolute atomic E-state index is 13.9. The van der Waals surface area contributed by atoms with Gasteiger partial charge in [-0.3, -0.25) is 4.79 Å². The number of nitrogens with zero attached hydrogens (tertiary/aromatic N) is 2. The number of hydrogen-bond acceptors (Lipinski definition) is 5. The first-order chi connectivity index (χ1) is 15.2. The Morgan fingerprint density at radius 2 is 1.78 bits per heavy atom. The molecule has 0 saturated carbocycles. The number of anilines is 1. The van der Waals surface area contributed by atoms with Gasteiger partial charge in [-0.25, -0.2) is 17.6 Å². The molecule has 0 aliphatic carbocycles. The first-order valence-corrected chi connectivity index (χ1v) is 11.4. The van der Waals surface area contributed by atoms with E-state index in [1.165, 1.54) is 39.5 Å². The van der Waals surface area contributed by atoms with E-state index in [9.17, 15) is 22.4 Å². The van der Waals surface area contributed by atoms with Crippen LogP contribution in [0.25, 0.3) is 0 Å². The van der Waals surface area contributed by atoms with Crippen LogP contribution in [-0.4, -0.2) is 55.8 Å². The van der Waals surface area contributed by atoms with Crippen LogP contribution in [0.4, 0.5) is 14.9 Å². The van der Waals surface area contributed by atoms with Gasteiger partial charge in [-0.2, -0.15) is 4.31 Å². The minimum Gasteiger partial charge on any atom is -0.444 e. The number of amides is 2. The van der Waals surface area contributed by atoms with Crippen molar-refractivity contribution >= 4 is 27.7 Å². The molecule has 170 valence electrons. The third kappa shape index (κ3) is 5.32. The zero-order chi connectivity index (χ0) is 23.3. The summed E-state index contributed by atoms with van der Waals surface area (Å²) in [7, 11) is -3.76. The molecule has 1 N–H and O–H groups in total. The van der Waals surface area contributed by atoms with Crippen LogP contribution in [0, 0.1) is 12.7 Å². The van der Waals surface area contributed by atoms with Gasteiger partial charge in [0.25, 0.3) is 0 Å². The van der Waals surface area contributed by atoms with E-state index in [-0.39, 0.29) is 37.7 Å². The number of rotatable bonds is 6. The summed E-state index contributed by atoms with van der Waals surface area (Å²) < 4.78 is 46.2. The van der Waals surface area contributed by atoms with Crippen molar-refractivity contribution in [2.45, 2.75) is 18.4 Å². The van der Waals surface area contributed by atoms with Crippen LogP contribution < -0.4 is 5.32 Å². The van der Waals surface area contributed by atoms with Gasteiger partial charge in [0.15, 0.2) is 0 Å². The third-order valence-corrected chi connectivity index (χ3v) is 7.05. The van der Waals surface area contributed by atoms with Gasteiger partial charge in [-0.15, -0.1) is 0 Å². The summed E-state index contributed by atoms with van der Waals surface area (Å²) in [5.74, 6) is -0.836. The lowest BCUT2D eigenvalue weighted by Crippen LogP contribution is -2.50. The lowest BCUT2D eigenvalue weighted by Gasteiger charge is -2.33. The van der Waals surface area contributed by atoms with Crippen LogP contribution in [0.5, 0.6) is 0 Å². The van der Waals surface area contributed by atoms with Crippen LogP contribution in [0.2, 0.25) is 0 Å². The first-order valence-electron chi connectivity index (χ1n) is 9.91. The van der Waals surface area contributed by atoms with Gasteiger partial charge in [0.05, 0.1) is 4.90 Å². The smallest absolute Gasteiger partial charge is 0.410 e. The largest absolute Gasteiger partial charge is 0.444 e. The molecule has 0 atom stereocenters. The van der Waals surface area contributed by atoms with Crippen LogP contribution in [0.1, 0.15) is 11.1 Å². The molecule has 1 saturated heterocycles. The van der Waals surface area contributed by atoms with Gasteiger partial charge in [-0.1, -0.05) is 18.7 Å². The Morgan fingerprint density at radius 3 is 2.38 bits per heavy atom. The molecule has 2 aromatic carbocycles. The Balaban J connectivity index is 1.56. The van der Waals surface area contributed by atoms with Crippen molar-refractivity contribution < 1.29 is 27.1 Å². The highest BCUT2D eigenvalue weighted by Gasteiger charge is 2.30. The molecule has 2 aromatic rings. The number of aryl methyl sites for hydroxylation is 1. The Hall–Kier alpha value is -3.24. The Kier molecular flexibility index (Phi) is 7.26. The van der Waals surface area contributed by atoms with Crippen LogP contribution in [0.15, 0.2) is 60.0 Å². The highest BCUT2D eigenvalue weighted by Crippen LogP contribution is 2.21. The molecule has 1 aliphatic heterocycles. The molecular formula is C22H24FN3O5S. The molecule has 3 rings (SSSR count). The number of halogens is 1. The second kappa shape index (κ2) is 9.92. The summed E-state index contributed by atoms with van der Waals surface area (Å²) in [6, 6.07) is 10.4. The van der Waals surface area contributed by atoms with Gasteiger partial charge in [-0.05, 0) is 48.9 Å². The second-order valence-corrected chi connectivity index (χ2v) is 9.14. The van der Waals surface area contributed by atoms with Gasteiger partial charge < -0.3 is 15.0 Å². The fraction of sp³-hybridized carbons (Fsp3) is 0.273. The van der Waals surface area contributed by atoms with Gasteiger partial charge in [0, 0.05) is 37.4 Å². The van der Waals surface area contributed by atoms with Crippen molar-refractivity contribution in [2.24, 2.45) is 0 Å². The molecule has 1 fully saturated rings. The minimum absolute atomic E-state index is 0.0835. The molecule has 1 heterocycles. The highest BCUT2D eigenvalue weighted by molar-refractivity contribution is 7.89. The quantitative estimate of drug-likeness (QED) is 0.668. The van der Waals surface area contributed by atoms with Crippen LogP contribution in [0.3, 0.4) is 0 Å². The molecule has 8 nitrogen and oxygen atoms in total. The predicted molar refractivity (Wildman–Crippen MR) is 117 cm³/mol. The summed E-state index contributed by atoms with van der Waals surface area (Å²) in [6.45, 7) is 5.42. The number of ether oxygens (including phenoxy) is 1. The predicted octanol–water partition coefficient (Wildman–Crippen LogP) is 2.90. The molecule has 0 aromatic heterocycles. The van der Waals surface area contributed by atoms with Crippen molar-refractivity contribution in [1.29, 1.82) is 0 Å². The average molecular weight is 462 g/mol. The molecular weight excluding hydrogens is 437 g/mol. The molecule has 0 bridgehead atoms. The molecule has 1 aliphatic rings. The normalized spacial score (nSPS) is 14.6. The minimum atomic E-state index is -3.76. The van der Waals surface area contributed by atoms with E-state index in [0.717, 1.165) is 6.08 Å².